The fourth-order valence-corrected chi connectivity index (χ4v) is 3.05. The number of H-pyrrole nitrogens is 1. The summed E-state index contributed by atoms with van der Waals surface area (Å²) in [7, 11) is 3.35. The topological polar surface area (TPSA) is 87.3 Å². The number of fused-ring (bicyclic) bond motifs is 1. The van der Waals surface area contributed by atoms with Crippen LogP contribution in [0.4, 0.5) is 0 Å². The van der Waals surface area contributed by atoms with Gasteiger partial charge in [0.15, 0.2) is 0 Å². The Morgan fingerprint density at radius 3 is 2.64 bits per heavy atom. The molecular weight excluding hydrogens is 356 g/mol. The maximum Gasteiger partial charge on any atom is 0.272 e. The Morgan fingerprint density at radius 1 is 1.29 bits per heavy atom. The van der Waals surface area contributed by atoms with Crippen LogP contribution in [-0.2, 0) is 9.53 Å². The summed E-state index contributed by atoms with van der Waals surface area (Å²) in [5.41, 5.74) is 1.49. The van der Waals surface area contributed by atoms with Crippen LogP contribution in [0, 0.1) is 11.3 Å². The summed E-state index contributed by atoms with van der Waals surface area (Å²) in [4.78, 5) is 34.4. The first-order chi connectivity index (χ1) is 13.2. The van der Waals surface area contributed by atoms with Crippen molar-refractivity contribution in [3.8, 4) is 0 Å². The Hall–Kier alpha value is -2.41. The molecule has 0 fully saturated rings. The van der Waals surface area contributed by atoms with Crippen molar-refractivity contribution >= 4 is 22.8 Å². The molecule has 1 unspecified atom stereocenters. The highest BCUT2D eigenvalue weighted by Crippen LogP contribution is 2.18. The SMILES string of the molecule is COCC(C)(C)C(=O)NC(CCN(C)C(=O)c1ccc2[nH]ccc2n1)C(C)C. The van der Waals surface area contributed by atoms with E-state index < -0.39 is 5.41 Å². The lowest BCUT2D eigenvalue weighted by molar-refractivity contribution is -0.133. The molecule has 0 aliphatic rings. The van der Waals surface area contributed by atoms with E-state index in [9.17, 15) is 9.59 Å². The van der Waals surface area contributed by atoms with Crippen LogP contribution in [0.15, 0.2) is 24.4 Å². The molecule has 154 valence electrons. The second-order valence-electron chi connectivity index (χ2n) is 8.26. The number of carbonyl (C=O) groups excluding carboxylic acids is 2. The third-order valence-electron chi connectivity index (χ3n) is 4.99. The van der Waals surface area contributed by atoms with E-state index in [1.807, 2.05) is 26.0 Å². The molecule has 1 atom stereocenters. The summed E-state index contributed by atoms with van der Waals surface area (Å²) in [5, 5.41) is 3.12. The van der Waals surface area contributed by atoms with Crippen LogP contribution in [0.1, 0.15) is 44.6 Å². The first kappa shape index (κ1) is 21.9. The molecule has 0 aromatic carbocycles. The number of carbonyl (C=O) groups is 2. The monoisotopic (exact) mass is 388 g/mol. The number of rotatable bonds is 9. The molecule has 2 aromatic rings. The maximum atomic E-state index is 12.7. The first-order valence-corrected chi connectivity index (χ1v) is 9.65. The summed E-state index contributed by atoms with van der Waals surface area (Å²) in [6.45, 7) is 8.74. The second-order valence-corrected chi connectivity index (χ2v) is 8.26. The van der Waals surface area contributed by atoms with Crippen molar-refractivity contribution in [1.29, 1.82) is 0 Å². The maximum absolute atomic E-state index is 12.7. The average molecular weight is 389 g/mol. The highest BCUT2D eigenvalue weighted by Gasteiger charge is 2.30. The number of methoxy groups -OCH3 is 1. The predicted molar refractivity (Wildman–Crippen MR) is 110 cm³/mol. The molecular formula is C21H32N4O3. The second kappa shape index (κ2) is 9.19. The van der Waals surface area contributed by atoms with Crippen molar-refractivity contribution in [2.45, 2.75) is 40.2 Å². The molecule has 0 saturated heterocycles. The fourth-order valence-electron chi connectivity index (χ4n) is 3.05. The molecule has 28 heavy (non-hydrogen) atoms. The van der Waals surface area contributed by atoms with E-state index >= 15 is 0 Å². The Morgan fingerprint density at radius 2 is 2.00 bits per heavy atom. The summed E-state index contributed by atoms with van der Waals surface area (Å²) in [6.07, 6.45) is 2.47. The van der Waals surface area contributed by atoms with Crippen molar-refractivity contribution in [3.63, 3.8) is 0 Å². The zero-order valence-electron chi connectivity index (χ0n) is 17.7. The molecule has 2 amide bonds. The van der Waals surface area contributed by atoms with Crippen LogP contribution in [0.25, 0.3) is 11.0 Å². The quantitative estimate of drug-likeness (QED) is 0.691. The molecule has 7 nitrogen and oxygen atoms in total. The molecule has 7 heteroatoms. The minimum atomic E-state index is -0.598. The molecule has 2 rings (SSSR count). The predicted octanol–water partition coefficient (Wildman–Crippen LogP) is 2.84. The van der Waals surface area contributed by atoms with Gasteiger partial charge in [-0.2, -0.15) is 0 Å². The Kier molecular flexibility index (Phi) is 7.18. The zero-order valence-corrected chi connectivity index (χ0v) is 17.7. The molecule has 2 N–H and O–H groups in total. The summed E-state index contributed by atoms with van der Waals surface area (Å²) < 4.78 is 5.15. The van der Waals surface area contributed by atoms with Gasteiger partial charge in [0.05, 0.1) is 23.1 Å². The largest absolute Gasteiger partial charge is 0.384 e. The number of pyridine rings is 1. The van der Waals surface area contributed by atoms with Crippen molar-refractivity contribution in [2.24, 2.45) is 11.3 Å². The molecule has 0 bridgehead atoms. The number of hydrogen-bond acceptors (Lipinski definition) is 4. The van der Waals surface area contributed by atoms with Gasteiger partial charge in [-0.3, -0.25) is 9.59 Å². The summed E-state index contributed by atoms with van der Waals surface area (Å²) in [6, 6.07) is 5.41. The van der Waals surface area contributed by atoms with Gasteiger partial charge < -0.3 is 19.9 Å². The summed E-state index contributed by atoms with van der Waals surface area (Å²) in [5.74, 6) is 0.0818. The average Bonchev–Trinajstić information content (AvgIpc) is 3.11. The van der Waals surface area contributed by atoms with Crippen LogP contribution in [0.3, 0.4) is 0 Å². The molecule has 2 aromatic heterocycles. The van der Waals surface area contributed by atoms with Crippen molar-refractivity contribution in [3.05, 3.63) is 30.1 Å². The third kappa shape index (κ3) is 5.32. The molecule has 2 heterocycles. The lowest BCUT2D eigenvalue weighted by Crippen LogP contribution is -2.48. The van der Waals surface area contributed by atoms with Crippen molar-refractivity contribution in [2.75, 3.05) is 27.3 Å². The minimum absolute atomic E-state index is 0.0287. The van der Waals surface area contributed by atoms with Crippen LogP contribution in [0.2, 0.25) is 0 Å². The van der Waals surface area contributed by atoms with Gasteiger partial charge in [-0.1, -0.05) is 13.8 Å². The van der Waals surface area contributed by atoms with Gasteiger partial charge in [0.1, 0.15) is 5.69 Å². The van der Waals surface area contributed by atoms with E-state index in [0.717, 1.165) is 11.0 Å². The van der Waals surface area contributed by atoms with Gasteiger partial charge in [-0.05, 0) is 44.4 Å². The normalized spacial score (nSPS) is 13.0. The number of ether oxygens (including phenoxy) is 1. The van der Waals surface area contributed by atoms with E-state index in [-0.39, 0.29) is 23.8 Å². The molecule has 0 aliphatic heterocycles. The number of hydrogen-bond donors (Lipinski definition) is 2. The zero-order chi connectivity index (χ0) is 20.9. The molecule has 0 saturated carbocycles. The van der Waals surface area contributed by atoms with Crippen LogP contribution in [-0.4, -0.2) is 60.0 Å². The summed E-state index contributed by atoms with van der Waals surface area (Å²) >= 11 is 0. The highest BCUT2D eigenvalue weighted by molar-refractivity contribution is 5.94. The molecule has 0 spiro atoms. The number of nitrogens with one attached hydrogen (secondary N) is 2. The van der Waals surface area contributed by atoms with Gasteiger partial charge in [0.2, 0.25) is 5.91 Å². The number of aromatic amines is 1. The van der Waals surface area contributed by atoms with E-state index in [2.05, 4.69) is 29.1 Å². The smallest absolute Gasteiger partial charge is 0.272 e. The molecule has 0 radical (unpaired) electrons. The van der Waals surface area contributed by atoms with Crippen molar-refractivity contribution < 1.29 is 14.3 Å². The third-order valence-corrected chi connectivity index (χ3v) is 4.99. The van der Waals surface area contributed by atoms with E-state index in [0.29, 0.717) is 25.3 Å². The highest BCUT2D eigenvalue weighted by atomic mass is 16.5. The van der Waals surface area contributed by atoms with E-state index in [1.54, 1.807) is 31.3 Å². The fraction of sp³-hybridized carbons (Fsp3) is 0.571. The van der Waals surface area contributed by atoms with Crippen LogP contribution < -0.4 is 5.32 Å². The van der Waals surface area contributed by atoms with Crippen molar-refractivity contribution in [1.82, 2.24) is 20.2 Å². The Bertz CT molecular complexity index is 813. The number of aromatic nitrogens is 2. The van der Waals surface area contributed by atoms with Gasteiger partial charge in [0, 0.05) is 32.9 Å². The standard InChI is InChI=1S/C21H32N4O3/c1-14(2)15(24-20(27)21(3,4)13-28-6)10-12-25(5)19(26)18-8-7-16-17(23-18)9-11-22-16/h7-9,11,14-15,22H,10,12-13H2,1-6H3,(H,24,27). The molecule has 0 aliphatic carbocycles. The number of amides is 2. The van der Waals surface area contributed by atoms with Gasteiger partial charge in [-0.25, -0.2) is 4.98 Å². The van der Waals surface area contributed by atoms with Gasteiger partial charge >= 0.3 is 0 Å². The van der Waals surface area contributed by atoms with E-state index in [1.165, 1.54) is 0 Å². The van der Waals surface area contributed by atoms with Gasteiger partial charge in [-0.15, -0.1) is 0 Å². The van der Waals surface area contributed by atoms with Crippen LogP contribution >= 0.6 is 0 Å². The van der Waals surface area contributed by atoms with E-state index in [4.69, 9.17) is 4.74 Å². The van der Waals surface area contributed by atoms with Crippen LogP contribution in [0.5, 0.6) is 0 Å². The first-order valence-electron chi connectivity index (χ1n) is 9.65. The lowest BCUT2D eigenvalue weighted by atomic mass is 9.91. The minimum Gasteiger partial charge on any atom is -0.384 e. The van der Waals surface area contributed by atoms with Gasteiger partial charge in [0.25, 0.3) is 5.91 Å². The number of nitrogens with zero attached hydrogens (tertiary/aromatic N) is 2. The lowest BCUT2D eigenvalue weighted by Gasteiger charge is -2.30. The Balaban J connectivity index is 1.98. The Labute approximate surface area is 166 Å².